The van der Waals surface area contributed by atoms with E-state index in [-0.39, 0.29) is 5.91 Å². The second-order valence-corrected chi connectivity index (χ2v) is 7.21. The Balaban J connectivity index is 1.89. The molecule has 0 spiro atoms. The molecule has 4 nitrogen and oxygen atoms in total. The summed E-state index contributed by atoms with van der Waals surface area (Å²) in [6.45, 7) is 0. The van der Waals surface area contributed by atoms with Gasteiger partial charge in [0.25, 0.3) is 5.91 Å². The monoisotopic (exact) mass is 437 g/mol. The maximum Gasteiger partial charge on any atom is 0.328 e. The molecule has 28 heavy (non-hydrogen) atoms. The first-order valence-electron chi connectivity index (χ1n) is 8.86. The number of hydrogen-bond donors (Lipinski definition) is 1. The van der Waals surface area contributed by atoms with E-state index in [0.717, 1.165) is 21.2 Å². The lowest BCUT2D eigenvalue weighted by Crippen LogP contribution is -2.43. The van der Waals surface area contributed by atoms with Gasteiger partial charge in [0.05, 0.1) is 7.11 Å². The summed E-state index contributed by atoms with van der Waals surface area (Å²) in [4.78, 5) is 25.3. The van der Waals surface area contributed by atoms with Gasteiger partial charge in [-0.25, -0.2) is 4.79 Å². The third kappa shape index (κ3) is 4.87. The number of benzene rings is 3. The molecule has 0 aliphatic heterocycles. The van der Waals surface area contributed by atoms with Crippen LogP contribution in [0.2, 0.25) is 0 Å². The SMILES string of the molecule is COC(=O)[C@H](Cc1ccccc1)NC(=O)c1ccc(Br)cc1-c1ccccc1. The van der Waals surface area contributed by atoms with Crippen molar-refractivity contribution in [1.82, 2.24) is 5.32 Å². The largest absolute Gasteiger partial charge is 0.467 e. The molecule has 142 valence electrons. The number of nitrogens with one attached hydrogen (secondary N) is 1. The van der Waals surface area contributed by atoms with Gasteiger partial charge in [0.2, 0.25) is 0 Å². The van der Waals surface area contributed by atoms with Gasteiger partial charge in [-0.05, 0) is 34.9 Å². The van der Waals surface area contributed by atoms with Gasteiger partial charge in [0.15, 0.2) is 0 Å². The molecular weight excluding hydrogens is 418 g/mol. The second-order valence-electron chi connectivity index (χ2n) is 6.29. The number of esters is 1. The number of carbonyl (C=O) groups is 2. The van der Waals surface area contributed by atoms with E-state index in [4.69, 9.17) is 4.74 Å². The van der Waals surface area contributed by atoms with Crippen molar-refractivity contribution >= 4 is 27.8 Å². The van der Waals surface area contributed by atoms with Crippen molar-refractivity contribution in [2.45, 2.75) is 12.5 Å². The van der Waals surface area contributed by atoms with E-state index in [0.29, 0.717) is 12.0 Å². The van der Waals surface area contributed by atoms with Gasteiger partial charge < -0.3 is 10.1 Å². The Morgan fingerprint density at radius 3 is 2.25 bits per heavy atom. The fraction of sp³-hybridized carbons (Fsp3) is 0.130. The summed E-state index contributed by atoms with van der Waals surface area (Å²) < 4.78 is 5.77. The molecule has 0 radical (unpaired) electrons. The van der Waals surface area contributed by atoms with Gasteiger partial charge in [0, 0.05) is 16.5 Å². The smallest absolute Gasteiger partial charge is 0.328 e. The number of ether oxygens (including phenoxy) is 1. The van der Waals surface area contributed by atoms with Crippen LogP contribution in [-0.2, 0) is 16.0 Å². The van der Waals surface area contributed by atoms with Gasteiger partial charge in [-0.2, -0.15) is 0 Å². The Morgan fingerprint density at radius 2 is 1.61 bits per heavy atom. The van der Waals surface area contributed by atoms with Gasteiger partial charge in [-0.15, -0.1) is 0 Å². The van der Waals surface area contributed by atoms with Crippen LogP contribution in [0.3, 0.4) is 0 Å². The molecule has 0 heterocycles. The molecule has 3 aromatic carbocycles. The predicted octanol–water partition coefficient (Wildman–Crippen LogP) is 4.63. The summed E-state index contributed by atoms with van der Waals surface area (Å²) in [5, 5.41) is 2.83. The molecule has 0 aliphatic rings. The Labute approximate surface area is 172 Å². The van der Waals surface area contributed by atoms with Gasteiger partial charge in [0.1, 0.15) is 6.04 Å². The highest BCUT2D eigenvalue weighted by molar-refractivity contribution is 9.10. The standard InChI is InChI=1S/C23H20BrNO3/c1-28-23(27)21(14-16-8-4-2-5-9-16)25-22(26)19-13-12-18(24)15-20(19)17-10-6-3-7-11-17/h2-13,15,21H,14H2,1H3,(H,25,26)/t21-/m0/s1. The zero-order valence-corrected chi connectivity index (χ0v) is 17.0. The molecule has 1 amide bonds. The maximum absolute atomic E-state index is 13.0. The van der Waals surface area contributed by atoms with Gasteiger partial charge in [-0.1, -0.05) is 76.6 Å². The molecule has 0 bridgehead atoms. The zero-order valence-electron chi connectivity index (χ0n) is 15.4. The minimum absolute atomic E-state index is 0.322. The first-order chi connectivity index (χ1) is 13.6. The summed E-state index contributed by atoms with van der Waals surface area (Å²) in [5.41, 5.74) is 3.15. The molecule has 0 aromatic heterocycles. The molecule has 5 heteroatoms. The third-order valence-electron chi connectivity index (χ3n) is 4.38. The topological polar surface area (TPSA) is 55.4 Å². The predicted molar refractivity (Wildman–Crippen MR) is 113 cm³/mol. The minimum atomic E-state index is -0.771. The number of rotatable bonds is 6. The highest BCUT2D eigenvalue weighted by Gasteiger charge is 2.24. The minimum Gasteiger partial charge on any atom is -0.467 e. The molecule has 0 saturated carbocycles. The average molecular weight is 438 g/mol. The van der Waals surface area contributed by atoms with Crippen molar-refractivity contribution in [3.05, 3.63) is 94.5 Å². The first kappa shape index (κ1) is 19.8. The van der Waals surface area contributed by atoms with Crippen molar-refractivity contribution in [2.24, 2.45) is 0 Å². The van der Waals surface area contributed by atoms with Crippen molar-refractivity contribution in [3.63, 3.8) is 0 Å². The van der Waals surface area contributed by atoms with Crippen LogP contribution in [0.25, 0.3) is 11.1 Å². The number of hydrogen-bond acceptors (Lipinski definition) is 3. The van der Waals surface area contributed by atoms with Crippen molar-refractivity contribution < 1.29 is 14.3 Å². The number of amides is 1. The fourth-order valence-electron chi connectivity index (χ4n) is 2.99. The fourth-order valence-corrected chi connectivity index (χ4v) is 3.35. The molecule has 0 aliphatic carbocycles. The highest BCUT2D eigenvalue weighted by atomic mass is 79.9. The van der Waals surface area contributed by atoms with E-state index in [1.54, 1.807) is 6.07 Å². The Bertz CT molecular complexity index is 958. The van der Waals surface area contributed by atoms with Crippen LogP contribution in [0.4, 0.5) is 0 Å². The quantitative estimate of drug-likeness (QED) is 0.571. The van der Waals surface area contributed by atoms with Crippen LogP contribution in [0.5, 0.6) is 0 Å². The molecule has 1 atom stereocenters. The van der Waals surface area contributed by atoms with Crippen molar-refractivity contribution in [1.29, 1.82) is 0 Å². The van der Waals surface area contributed by atoms with Crippen molar-refractivity contribution in [3.8, 4) is 11.1 Å². The van der Waals surface area contributed by atoms with Gasteiger partial charge in [-0.3, -0.25) is 4.79 Å². The van der Waals surface area contributed by atoms with Crippen LogP contribution >= 0.6 is 15.9 Å². The lowest BCUT2D eigenvalue weighted by atomic mass is 9.98. The van der Waals surface area contributed by atoms with Gasteiger partial charge >= 0.3 is 5.97 Å². The van der Waals surface area contributed by atoms with Crippen LogP contribution in [0.15, 0.2) is 83.3 Å². The molecule has 1 N–H and O–H groups in total. The van der Waals surface area contributed by atoms with E-state index < -0.39 is 12.0 Å². The maximum atomic E-state index is 13.0. The Morgan fingerprint density at radius 1 is 0.964 bits per heavy atom. The average Bonchev–Trinajstić information content (AvgIpc) is 2.74. The normalized spacial score (nSPS) is 11.5. The molecule has 3 rings (SSSR count). The summed E-state index contributed by atoms with van der Waals surface area (Å²) in [6.07, 6.45) is 0.358. The zero-order chi connectivity index (χ0) is 19.9. The van der Waals surface area contributed by atoms with E-state index in [1.807, 2.05) is 72.8 Å². The lowest BCUT2D eigenvalue weighted by Gasteiger charge is -2.18. The Kier molecular flexibility index (Phi) is 6.61. The van der Waals surface area contributed by atoms with E-state index in [1.165, 1.54) is 7.11 Å². The van der Waals surface area contributed by atoms with E-state index >= 15 is 0 Å². The highest BCUT2D eigenvalue weighted by Crippen LogP contribution is 2.27. The summed E-state index contributed by atoms with van der Waals surface area (Å²) >= 11 is 3.47. The number of methoxy groups -OCH3 is 1. The third-order valence-corrected chi connectivity index (χ3v) is 4.88. The Hall–Kier alpha value is -2.92. The van der Waals surface area contributed by atoms with Crippen LogP contribution < -0.4 is 5.32 Å². The molecule has 0 fully saturated rings. The molecule has 0 saturated heterocycles. The lowest BCUT2D eigenvalue weighted by molar-refractivity contribution is -0.142. The van der Waals surface area contributed by atoms with Crippen LogP contribution in [-0.4, -0.2) is 25.0 Å². The van der Waals surface area contributed by atoms with Crippen LogP contribution in [0, 0.1) is 0 Å². The molecule has 0 unspecified atom stereocenters. The number of halogens is 1. The summed E-state index contributed by atoms with van der Waals surface area (Å²) in [7, 11) is 1.32. The van der Waals surface area contributed by atoms with Crippen molar-refractivity contribution in [2.75, 3.05) is 7.11 Å². The summed E-state index contributed by atoms with van der Waals surface area (Å²) in [6, 6.07) is 23.9. The molecule has 3 aromatic rings. The van der Waals surface area contributed by atoms with E-state index in [2.05, 4.69) is 21.2 Å². The molecular formula is C23H20BrNO3. The van der Waals surface area contributed by atoms with Crippen LogP contribution in [0.1, 0.15) is 15.9 Å². The summed E-state index contributed by atoms with van der Waals surface area (Å²) in [5.74, 6) is -0.798. The number of carbonyl (C=O) groups excluding carboxylic acids is 2. The van der Waals surface area contributed by atoms with E-state index in [9.17, 15) is 9.59 Å². The first-order valence-corrected chi connectivity index (χ1v) is 9.65. The second kappa shape index (κ2) is 9.33.